The number of imidazole rings is 1. The van der Waals surface area contributed by atoms with Crippen LogP contribution in [0.2, 0.25) is 0 Å². The molecule has 0 N–H and O–H groups in total. The van der Waals surface area contributed by atoms with Gasteiger partial charge < -0.3 is 9.47 Å². The van der Waals surface area contributed by atoms with Crippen molar-refractivity contribution >= 4 is 22.6 Å². The minimum atomic E-state index is -0.0543. The number of nitrogens with zero attached hydrogens (tertiary/aromatic N) is 3. The number of likely N-dealkylation sites (tertiary alicyclic amines) is 1. The molecule has 1 aliphatic heterocycles. The Bertz CT molecular complexity index is 632. The highest BCUT2D eigenvalue weighted by molar-refractivity contribution is 6.20. The smallest absolute Gasteiger partial charge is 0.127 e. The van der Waals surface area contributed by atoms with E-state index in [0.717, 1.165) is 24.4 Å². The third-order valence-electron chi connectivity index (χ3n) is 4.55. The summed E-state index contributed by atoms with van der Waals surface area (Å²) in [5, 5.41) is -0.0543. The number of benzene rings is 1. The molecule has 2 heterocycles. The summed E-state index contributed by atoms with van der Waals surface area (Å²) in [6.45, 7) is 11.0. The van der Waals surface area contributed by atoms with Crippen molar-refractivity contribution in [2.45, 2.75) is 39.1 Å². The maximum absolute atomic E-state index is 6.37. The number of aromatic nitrogens is 2. The van der Waals surface area contributed by atoms with E-state index in [1.165, 1.54) is 30.6 Å². The molecule has 1 aromatic heterocycles. The molecule has 3 nitrogen and oxygen atoms in total. The zero-order chi connectivity index (χ0) is 15.0. The van der Waals surface area contributed by atoms with Crippen LogP contribution in [0, 0.1) is 12.8 Å². The van der Waals surface area contributed by atoms with Crippen molar-refractivity contribution < 1.29 is 0 Å². The van der Waals surface area contributed by atoms with E-state index in [1.54, 1.807) is 0 Å². The van der Waals surface area contributed by atoms with Gasteiger partial charge in [0.05, 0.1) is 16.4 Å². The molecule has 1 aliphatic rings. The molecule has 114 valence electrons. The number of aryl methyl sites for hydroxylation is 1. The summed E-state index contributed by atoms with van der Waals surface area (Å²) in [4.78, 5) is 7.30. The first-order valence-corrected chi connectivity index (χ1v) is 8.35. The lowest BCUT2D eigenvalue weighted by Gasteiger charge is -2.16. The first kappa shape index (κ1) is 14.9. The molecule has 0 amide bonds. The Balaban J connectivity index is 1.94. The van der Waals surface area contributed by atoms with Gasteiger partial charge in [-0.15, -0.1) is 11.6 Å². The zero-order valence-corrected chi connectivity index (χ0v) is 13.9. The van der Waals surface area contributed by atoms with Crippen molar-refractivity contribution in [3.05, 3.63) is 29.6 Å². The van der Waals surface area contributed by atoms with Crippen LogP contribution < -0.4 is 0 Å². The third-order valence-corrected chi connectivity index (χ3v) is 4.74. The van der Waals surface area contributed by atoms with Gasteiger partial charge in [-0.3, -0.25) is 0 Å². The molecule has 2 unspecified atom stereocenters. The van der Waals surface area contributed by atoms with E-state index in [4.69, 9.17) is 16.6 Å². The molecule has 21 heavy (non-hydrogen) atoms. The predicted molar refractivity (Wildman–Crippen MR) is 89.0 cm³/mol. The van der Waals surface area contributed by atoms with Gasteiger partial charge in [-0.25, -0.2) is 4.98 Å². The highest BCUT2D eigenvalue weighted by Gasteiger charge is 2.24. The largest absolute Gasteiger partial charge is 0.326 e. The van der Waals surface area contributed by atoms with E-state index in [2.05, 4.69) is 41.5 Å². The van der Waals surface area contributed by atoms with Gasteiger partial charge in [0.25, 0.3) is 0 Å². The molecular weight excluding hydrogens is 282 g/mol. The van der Waals surface area contributed by atoms with Crippen molar-refractivity contribution in [2.75, 3.05) is 19.6 Å². The fourth-order valence-electron chi connectivity index (χ4n) is 3.36. The van der Waals surface area contributed by atoms with E-state index in [9.17, 15) is 0 Å². The molecule has 0 spiro atoms. The molecule has 3 rings (SSSR count). The Morgan fingerprint density at radius 1 is 1.43 bits per heavy atom. The lowest BCUT2D eigenvalue weighted by molar-refractivity contribution is 0.332. The maximum atomic E-state index is 6.37. The SMILES string of the molecule is CCN1CCC(Cn2c(C(C)Cl)nc3cc(C)ccc32)C1. The Kier molecular flexibility index (Phi) is 4.23. The second-order valence-electron chi connectivity index (χ2n) is 6.24. The number of rotatable bonds is 4. The molecule has 1 aromatic carbocycles. The highest BCUT2D eigenvalue weighted by atomic mass is 35.5. The van der Waals surface area contributed by atoms with Crippen molar-refractivity contribution in [3.63, 3.8) is 0 Å². The van der Waals surface area contributed by atoms with Crippen LogP contribution in [0.5, 0.6) is 0 Å². The summed E-state index contributed by atoms with van der Waals surface area (Å²) in [5.74, 6) is 1.71. The molecule has 1 fully saturated rings. The summed E-state index contributed by atoms with van der Waals surface area (Å²) in [6, 6.07) is 6.50. The van der Waals surface area contributed by atoms with E-state index < -0.39 is 0 Å². The van der Waals surface area contributed by atoms with Crippen LogP contribution in [-0.4, -0.2) is 34.1 Å². The standard InChI is InChI=1S/C17H24ClN3/c1-4-20-8-7-14(10-20)11-21-16-6-5-12(2)9-15(16)19-17(21)13(3)18/h5-6,9,13-14H,4,7-8,10-11H2,1-3H3. The van der Waals surface area contributed by atoms with Gasteiger partial charge in [-0.2, -0.15) is 0 Å². The van der Waals surface area contributed by atoms with Gasteiger partial charge in [0.2, 0.25) is 0 Å². The summed E-state index contributed by atoms with van der Waals surface area (Å²) in [6.07, 6.45) is 1.27. The number of alkyl halides is 1. The van der Waals surface area contributed by atoms with E-state index in [-0.39, 0.29) is 5.38 Å². The van der Waals surface area contributed by atoms with Crippen LogP contribution in [0.4, 0.5) is 0 Å². The fraction of sp³-hybridized carbons (Fsp3) is 0.588. The maximum Gasteiger partial charge on any atom is 0.127 e. The predicted octanol–water partition coefficient (Wildman–Crippen LogP) is 3.99. The first-order chi connectivity index (χ1) is 10.1. The quantitative estimate of drug-likeness (QED) is 0.797. The van der Waals surface area contributed by atoms with Crippen LogP contribution in [0.1, 0.15) is 37.0 Å². The second-order valence-corrected chi connectivity index (χ2v) is 6.89. The van der Waals surface area contributed by atoms with Crippen molar-refractivity contribution in [3.8, 4) is 0 Å². The highest BCUT2D eigenvalue weighted by Crippen LogP contribution is 2.28. The van der Waals surface area contributed by atoms with Crippen LogP contribution in [0.15, 0.2) is 18.2 Å². The lowest BCUT2D eigenvalue weighted by atomic mass is 10.1. The molecule has 1 saturated heterocycles. The monoisotopic (exact) mass is 305 g/mol. The van der Waals surface area contributed by atoms with Gasteiger partial charge in [0, 0.05) is 13.1 Å². The molecule has 0 aliphatic carbocycles. The van der Waals surface area contributed by atoms with Crippen molar-refractivity contribution in [2.24, 2.45) is 5.92 Å². The number of fused-ring (bicyclic) bond motifs is 1. The van der Waals surface area contributed by atoms with E-state index >= 15 is 0 Å². The lowest BCUT2D eigenvalue weighted by Crippen LogP contribution is -2.21. The van der Waals surface area contributed by atoms with Gasteiger partial charge >= 0.3 is 0 Å². The second kappa shape index (κ2) is 5.98. The van der Waals surface area contributed by atoms with Gasteiger partial charge in [0.15, 0.2) is 0 Å². The zero-order valence-electron chi connectivity index (χ0n) is 13.1. The molecular formula is C17H24ClN3. The van der Waals surface area contributed by atoms with Gasteiger partial charge in [0.1, 0.15) is 5.82 Å². The van der Waals surface area contributed by atoms with Crippen LogP contribution in [0.3, 0.4) is 0 Å². The van der Waals surface area contributed by atoms with Gasteiger partial charge in [-0.05, 0) is 57.0 Å². The summed E-state index contributed by atoms with van der Waals surface area (Å²) < 4.78 is 2.34. The minimum Gasteiger partial charge on any atom is -0.326 e. The van der Waals surface area contributed by atoms with Crippen LogP contribution in [0.25, 0.3) is 11.0 Å². The fourth-order valence-corrected chi connectivity index (χ4v) is 3.53. The number of hydrogen-bond acceptors (Lipinski definition) is 2. The molecule has 4 heteroatoms. The normalized spacial score (nSPS) is 21.2. The molecule has 2 aromatic rings. The molecule has 0 saturated carbocycles. The van der Waals surface area contributed by atoms with E-state index in [0.29, 0.717) is 5.92 Å². The summed E-state index contributed by atoms with van der Waals surface area (Å²) >= 11 is 6.37. The first-order valence-electron chi connectivity index (χ1n) is 7.91. The van der Waals surface area contributed by atoms with Crippen LogP contribution in [-0.2, 0) is 6.54 Å². The Labute approximate surface area is 131 Å². The molecule has 2 atom stereocenters. The Hall–Kier alpha value is -1.06. The van der Waals surface area contributed by atoms with E-state index in [1.807, 2.05) is 6.92 Å². The van der Waals surface area contributed by atoms with Crippen molar-refractivity contribution in [1.82, 2.24) is 14.5 Å². The van der Waals surface area contributed by atoms with Crippen LogP contribution >= 0.6 is 11.6 Å². The minimum absolute atomic E-state index is 0.0543. The average molecular weight is 306 g/mol. The number of halogens is 1. The third kappa shape index (κ3) is 2.95. The van der Waals surface area contributed by atoms with Crippen molar-refractivity contribution in [1.29, 1.82) is 0 Å². The summed E-state index contributed by atoms with van der Waals surface area (Å²) in [7, 11) is 0. The number of hydrogen-bond donors (Lipinski definition) is 0. The summed E-state index contributed by atoms with van der Waals surface area (Å²) in [5.41, 5.74) is 3.54. The molecule has 0 radical (unpaired) electrons. The Morgan fingerprint density at radius 2 is 2.24 bits per heavy atom. The topological polar surface area (TPSA) is 21.1 Å². The Morgan fingerprint density at radius 3 is 2.90 bits per heavy atom. The average Bonchev–Trinajstić information content (AvgIpc) is 3.04. The van der Waals surface area contributed by atoms with Gasteiger partial charge in [-0.1, -0.05) is 13.0 Å². The molecule has 0 bridgehead atoms.